The van der Waals surface area contributed by atoms with Crippen LogP contribution in [0, 0.1) is 10.6 Å². The summed E-state index contributed by atoms with van der Waals surface area (Å²) in [6.45, 7) is 1.63. The van der Waals surface area contributed by atoms with Gasteiger partial charge in [-0.25, -0.2) is 8.78 Å². The van der Waals surface area contributed by atoms with E-state index in [9.17, 15) is 8.78 Å². The summed E-state index contributed by atoms with van der Waals surface area (Å²) in [4.78, 5) is 3.88. The second-order valence-corrected chi connectivity index (χ2v) is 3.27. The highest BCUT2D eigenvalue weighted by Gasteiger charge is 2.10. The minimum atomic E-state index is -2.40. The Bertz CT molecular complexity index is 263. The van der Waals surface area contributed by atoms with Crippen molar-refractivity contribution in [2.45, 2.75) is 13.3 Å². The molecular weight excluding hydrogens is 263 g/mol. The van der Waals surface area contributed by atoms with Gasteiger partial charge in [0, 0.05) is 11.8 Å². The molecular formula is C7H6F2IN. The molecule has 0 saturated carbocycles. The third-order valence-electron chi connectivity index (χ3n) is 1.35. The highest BCUT2D eigenvalue weighted by molar-refractivity contribution is 14.1. The van der Waals surface area contributed by atoms with Crippen LogP contribution in [0.3, 0.4) is 0 Å². The van der Waals surface area contributed by atoms with Gasteiger partial charge in [0.15, 0.2) is 0 Å². The lowest BCUT2D eigenvalue weighted by atomic mass is 10.2. The summed E-state index contributed by atoms with van der Waals surface area (Å²) in [5, 5.41) is 0. The van der Waals surface area contributed by atoms with E-state index in [1.165, 1.54) is 12.3 Å². The fourth-order valence-electron chi connectivity index (χ4n) is 0.748. The lowest BCUT2D eigenvalue weighted by Crippen LogP contribution is -1.92. The SMILES string of the molecule is Cc1cnc(I)cc1C(F)F. The zero-order valence-corrected chi connectivity index (χ0v) is 7.97. The molecule has 1 heterocycles. The first-order chi connectivity index (χ1) is 5.11. The zero-order chi connectivity index (χ0) is 8.43. The smallest absolute Gasteiger partial charge is 0.250 e. The van der Waals surface area contributed by atoms with E-state index in [2.05, 4.69) is 4.98 Å². The number of hydrogen-bond acceptors (Lipinski definition) is 1. The highest BCUT2D eigenvalue weighted by Crippen LogP contribution is 2.22. The van der Waals surface area contributed by atoms with Crippen molar-refractivity contribution in [3.05, 3.63) is 27.1 Å². The van der Waals surface area contributed by atoms with Crippen molar-refractivity contribution in [3.8, 4) is 0 Å². The molecule has 0 saturated heterocycles. The van der Waals surface area contributed by atoms with Crippen LogP contribution in [-0.4, -0.2) is 4.98 Å². The van der Waals surface area contributed by atoms with Gasteiger partial charge in [-0.2, -0.15) is 0 Å². The van der Waals surface area contributed by atoms with E-state index in [1.54, 1.807) is 6.92 Å². The molecule has 0 aliphatic heterocycles. The number of nitrogens with zero attached hydrogens (tertiary/aromatic N) is 1. The third kappa shape index (κ3) is 2.08. The minimum Gasteiger partial charge on any atom is -0.250 e. The fraction of sp³-hybridized carbons (Fsp3) is 0.286. The average molecular weight is 269 g/mol. The zero-order valence-electron chi connectivity index (χ0n) is 5.81. The van der Waals surface area contributed by atoms with Crippen LogP contribution in [0.1, 0.15) is 17.6 Å². The third-order valence-corrected chi connectivity index (χ3v) is 1.94. The second kappa shape index (κ2) is 3.42. The van der Waals surface area contributed by atoms with Crippen molar-refractivity contribution in [1.82, 2.24) is 4.98 Å². The van der Waals surface area contributed by atoms with E-state index in [1.807, 2.05) is 22.6 Å². The summed E-state index contributed by atoms with van der Waals surface area (Å²) in [5.74, 6) is 0. The molecule has 4 heteroatoms. The summed E-state index contributed by atoms with van der Waals surface area (Å²) in [7, 11) is 0. The Labute approximate surface area is 77.0 Å². The number of hydrogen-bond donors (Lipinski definition) is 0. The van der Waals surface area contributed by atoms with E-state index in [0.717, 1.165) is 0 Å². The molecule has 1 nitrogen and oxygen atoms in total. The Hall–Kier alpha value is -0.260. The van der Waals surface area contributed by atoms with E-state index >= 15 is 0 Å². The number of aromatic nitrogens is 1. The lowest BCUT2D eigenvalue weighted by molar-refractivity contribution is 0.150. The molecule has 1 aromatic heterocycles. The topological polar surface area (TPSA) is 12.9 Å². The van der Waals surface area contributed by atoms with Crippen molar-refractivity contribution < 1.29 is 8.78 Å². The molecule has 11 heavy (non-hydrogen) atoms. The standard InChI is InChI=1S/C7H6F2IN/c1-4-3-11-6(10)2-5(4)7(8)9/h2-3,7H,1H3. The van der Waals surface area contributed by atoms with Gasteiger partial charge in [0.1, 0.15) is 3.70 Å². The Kier molecular flexibility index (Phi) is 2.75. The van der Waals surface area contributed by atoms with E-state index in [-0.39, 0.29) is 5.56 Å². The minimum absolute atomic E-state index is 0.0735. The number of aryl methyl sites for hydroxylation is 1. The van der Waals surface area contributed by atoms with E-state index in [4.69, 9.17) is 0 Å². The summed E-state index contributed by atoms with van der Waals surface area (Å²) in [6.07, 6.45) is -0.935. The monoisotopic (exact) mass is 269 g/mol. The van der Waals surface area contributed by atoms with Gasteiger partial charge in [0.25, 0.3) is 6.43 Å². The van der Waals surface area contributed by atoms with Gasteiger partial charge in [-0.05, 0) is 41.1 Å². The molecule has 0 atom stereocenters. The summed E-state index contributed by atoms with van der Waals surface area (Å²) in [5.41, 5.74) is 0.616. The van der Waals surface area contributed by atoms with Gasteiger partial charge in [-0.1, -0.05) is 0 Å². The van der Waals surface area contributed by atoms with Crippen molar-refractivity contribution in [3.63, 3.8) is 0 Å². The van der Waals surface area contributed by atoms with Crippen LogP contribution >= 0.6 is 22.6 Å². The molecule has 0 fully saturated rings. The van der Waals surface area contributed by atoms with Crippen LogP contribution in [0.5, 0.6) is 0 Å². The quantitative estimate of drug-likeness (QED) is 0.564. The molecule has 0 bridgehead atoms. The largest absolute Gasteiger partial charge is 0.264 e. The van der Waals surface area contributed by atoms with Gasteiger partial charge < -0.3 is 0 Å². The maximum absolute atomic E-state index is 12.2. The maximum atomic E-state index is 12.2. The molecule has 0 amide bonds. The predicted molar refractivity (Wildman–Crippen MR) is 46.6 cm³/mol. The van der Waals surface area contributed by atoms with Crippen LogP contribution in [0.4, 0.5) is 8.78 Å². The average Bonchev–Trinajstić information content (AvgIpc) is 1.94. The molecule has 0 unspecified atom stereocenters. The Morgan fingerprint density at radius 1 is 1.55 bits per heavy atom. The van der Waals surface area contributed by atoms with Crippen molar-refractivity contribution in [2.75, 3.05) is 0 Å². The second-order valence-electron chi connectivity index (χ2n) is 2.16. The highest BCUT2D eigenvalue weighted by atomic mass is 127. The number of halogens is 3. The summed E-state index contributed by atoms with van der Waals surface area (Å²) < 4.78 is 25.0. The van der Waals surface area contributed by atoms with Crippen LogP contribution < -0.4 is 0 Å². The number of alkyl halides is 2. The molecule has 0 radical (unpaired) electrons. The summed E-state index contributed by atoms with van der Waals surface area (Å²) >= 11 is 1.91. The number of rotatable bonds is 1. The first-order valence-corrected chi connectivity index (χ1v) is 4.09. The fourth-order valence-corrected chi connectivity index (χ4v) is 1.22. The molecule has 60 valence electrons. The molecule has 0 spiro atoms. The first-order valence-electron chi connectivity index (χ1n) is 3.01. The Balaban J connectivity index is 3.13. The molecule has 0 aliphatic rings. The normalized spacial score (nSPS) is 10.6. The van der Waals surface area contributed by atoms with Gasteiger partial charge in [0.2, 0.25) is 0 Å². The Morgan fingerprint density at radius 2 is 2.18 bits per heavy atom. The Morgan fingerprint density at radius 3 is 2.64 bits per heavy atom. The molecule has 0 aromatic carbocycles. The molecule has 1 aromatic rings. The van der Waals surface area contributed by atoms with Gasteiger partial charge >= 0.3 is 0 Å². The van der Waals surface area contributed by atoms with Crippen LogP contribution in [0.25, 0.3) is 0 Å². The van der Waals surface area contributed by atoms with Crippen molar-refractivity contribution >= 4 is 22.6 Å². The van der Waals surface area contributed by atoms with Crippen molar-refractivity contribution in [2.24, 2.45) is 0 Å². The van der Waals surface area contributed by atoms with E-state index in [0.29, 0.717) is 9.26 Å². The predicted octanol–water partition coefficient (Wildman–Crippen LogP) is 2.93. The first kappa shape index (κ1) is 8.83. The molecule has 1 rings (SSSR count). The van der Waals surface area contributed by atoms with Gasteiger partial charge in [-0.15, -0.1) is 0 Å². The van der Waals surface area contributed by atoms with Crippen LogP contribution in [-0.2, 0) is 0 Å². The molecule has 0 N–H and O–H groups in total. The number of pyridine rings is 1. The van der Waals surface area contributed by atoms with E-state index < -0.39 is 6.43 Å². The molecule has 0 aliphatic carbocycles. The van der Waals surface area contributed by atoms with Crippen LogP contribution in [0.2, 0.25) is 0 Å². The van der Waals surface area contributed by atoms with Gasteiger partial charge in [0.05, 0.1) is 0 Å². The van der Waals surface area contributed by atoms with Crippen molar-refractivity contribution in [1.29, 1.82) is 0 Å². The maximum Gasteiger partial charge on any atom is 0.264 e. The summed E-state index contributed by atoms with van der Waals surface area (Å²) in [6, 6.07) is 1.40. The van der Waals surface area contributed by atoms with Gasteiger partial charge in [-0.3, -0.25) is 4.98 Å². The van der Waals surface area contributed by atoms with Crippen LogP contribution in [0.15, 0.2) is 12.3 Å². The lowest BCUT2D eigenvalue weighted by Gasteiger charge is -2.02.